The zero-order valence-electron chi connectivity index (χ0n) is 13.7. The van der Waals surface area contributed by atoms with Crippen LogP contribution >= 0.6 is 11.3 Å². The van der Waals surface area contributed by atoms with Crippen LogP contribution in [-0.2, 0) is 0 Å². The minimum Gasteiger partial charge on any atom is -0.366 e. The second-order valence-corrected chi connectivity index (χ2v) is 7.01. The molecule has 10 heteroatoms. The number of hydrogen-bond donors (Lipinski definition) is 3. The van der Waals surface area contributed by atoms with Crippen LogP contribution in [0.25, 0.3) is 10.4 Å². The molecule has 5 N–H and O–H groups in total. The number of nitrogens with zero attached hydrogens (tertiary/aromatic N) is 2. The third-order valence-electron chi connectivity index (χ3n) is 4.09. The van der Waals surface area contributed by atoms with E-state index in [2.05, 4.69) is 10.3 Å². The molecule has 0 radical (unpaired) electrons. The van der Waals surface area contributed by atoms with Crippen molar-refractivity contribution < 1.29 is 18.4 Å². The molecule has 26 heavy (non-hydrogen) atoms. The molecular formula is C16H17F2N5O2S. The summed E-state index contributed by atoms with van der Waals surface area (Å²) >= 11 is 1.14. The number of urea groups is 1. The molecule has 0 spiro atoms. The van der Waals surface area contributed by atoms with Crippen LogP contribution in [0.15, 0.2) is 24.4 Å². The largest absolute Gasteiger partial charge is 0.366 e. The van der Waals surface area contributed by atoms with Gasteiger partial charge in [0.25, 0.3) is 11.8 Å². The highest BCUT2D eigenvalue weighted by molar-refractivity contribution is 7.20. The van der Waals surface area contributed by atoms with Crippen LogP contribution in [0.2, 0.25) is 0 Å². The maximum absolute atomic E-state index is 13.3. The first-order valence-electron chi connectivity index (χ1n) is 7.84. The monoisotopic (exact) mass is 381 g/mol. The van der Waals surface area contributed by atoms with Gasteiger partial charge in [-0.25, -0.2) is 18.6 Å². The van der Waals surface area contributed by atoms with Crippen molar-refractivity contribution in [1.82, 2.24) is 4.98 Å². The van der Waals surface area contributed by atoms with E-state index in [4.69, 9.17) is 11.5 Å². The lowest BCUT2D eigenvalue weighted by Crippen LogP contribution is -2.39. The highest BCUT2D eigenvalue weighted by atomic mass is 32.1. The molecule has 0 aromatic carbocycles. The number of thiophene rings is 1. The van der Waals surface area contributed by atoms with Crippen molar-refractivity contribution in [2.24, 2.45) is 11.5 Å². The Balaban J connectivity index is 1.80. The first kappa shape index (κ1) is 18.1. The number of pyridine rings is 1. The quantitative estimate of drug-likeness (QED) is 0.755. The summed E-state index contributed by atoms with van der Waals surface area (Å²) in [4.78, 5) is 29.4. The van der Waals surface area contributed by atoms with Gasteiger partial charge in [0.05, 0.1) is 5.56 Å². The van der Waals surface area contributed by atoms with Gasteiger partial charge in [-0.2, -0.15) is 0 Å². The fraction of sp³-hybridized carbons (Fsp3) is 0.312. The Morgan fingerprint density at radius 2 is 1.92 bits per heavy atom. The number of carbonyl (C=O) groups excluding carboxylic acids is 2. The zero-order valence-corrected chi connectivity index (χ0v) is 14.5. The van der Waals surface area contributed by atoms with Gasteiger partial charge in [-0.3, -0.25) is 10.1 Å². The molecule has 3 rings (SSSR count). The topological polar surface area (TPSA) is 114 Å². The fourth-order valence-electron chi connectivity index (χ4n) is 2.70. The van der Waals surface area contributed by atoms with Gasteiger partial charge in [-0.1, -0.05) is 0 Å². The highest BCUT2D eigenvalue weighted by Crippen LogP contribution is 2.36. The summed E-state index contributed by atoms with van der Waals surface area (Å²) in [5.41, 5.74) is 11.3. The lowest BCUT2D eigenvalue weighted by molar-refractivity contribution is -0.0221. The second kappa shape index (κ2) is 6.87. The summed E-state index contributed by atoms with van der Waals surface area (Å²) in [6.45, 7) is 0.494. The van der Waals surface area contributed by atoms with Gasteiger partial charge in [0.15, 0.2) is 0 Å². The Bertz CT molecular complexity index is 828. The van der Waals surface area contributed by atoms with E-state index in [1.165, 1.54) is 0 Å². The van der Waals surface area contributed by atoms with E-state index in [0.29, 0.717) is 16.3 Å². The summed E-state index contributed by atoms with van der Waals surface area (Å²) < 4.78 is 26.5. The summed E-state index contributed by atoms with van der Waals surface area (Å²) in [6, 6.07) is 4.27. The summed E-state index contributed by atoms with van der Waals surface area (Å²) in [5.74, 6) is -2.68. The number of piperidine rings is 1. The molecule has 3 heterocycles. The lowest BCUT2D eigenvalue weighted by atomic mass is 10.1. The van der Waals surface area contributed by atoms with E-state index < -0.39 is 17.9 Å². The Morgan fingerprint density at radius 1 is 1.23 bits per heavy atom. The van der Waals surface area contributed by atoms with Crippen molar-refractivity contribution in [3.05, 3.63) is 30.0 Å². The molecule has 3 amide bonds. The number of nitrogens with two attached hydrogens (primary N) is 2. The van der Waals surface area contributed by atoms with Crippen LogP contribution in [0.4, 0.5) is 24.4 Å². The van der Waals surface area contributed by atoms with E-state index in [-0.39, 0.29) is 36.5 Å². The number of anilines is 2. The number of halogens is 2. The Morgan fingerprint density at radius 3 is 2.46 bits per heavy atom. The molecule has 1 fully saturated rings. The number of carbonyl (C=O) groups is 2. The number of hydrogen-bond acceptors (Lipinski definition) is 5. The standard InChI is InChI=1S/C16H17F2N5O2S/c17-16(18)3-5-23(6-4-16)12-2-1-9(8-21-12)11-7-10(13(19)24)14(26-11)22-15(20)25/h1-2,7-8H,3-6H2,(H2,19,24)(H3,20,22,25). The Labute approximate surface area is 152 Å². The van der Waals surface area contributed by atoms with Crippen molar-refractivity contribution in [1.29, 1.82) is 0 Å². The SMILES string of the molecule is NC(=O)Nc1sc(-c2ccc(N3CCC(F)(F)CC3)nc2)cc1C(N)=O. The highest BCUT2D eigenvalue weighted by Gasteiger charge is 2.34. The van der Waals surface area contributed by atoms with Gasteiger partial charge in [-0.05, 0) is 18.2 Å². The van der Waals surface area contributed by atoms with Crippen LogP contribution in [0, 0.1) is 0 Å². The zero-order chi connectivity index (χ0) is 18.9. The number of nitrogens with one attached hydrogen (secondary N) is 1. The first-order chi connectivity index (χ1) is 12.2. The van der Waals surface area contributed by atoms with E-state index in [0.717, 1.165) is 11.3 Å². The molecule has 138 valence electrons. The summed E-state index contributed by atoms with van der Waals surface area (Å²) in [6.07, 6.45) is 1.21. The number of aromatic nitrogens is 1. The molecule has 2 aromatic heterocycles. The van der Waals surface area contributed by atoms with Gasteiger partial charge < -0.3 is 16.4 Å². The third-order valence-corrected chi connectivity index (χ3v) is 5.19. The van der Waals surface area contributed by atoms with Gasteiger partial charge >= 0.3 is 6.03 Å². The fourth-order valence-corrected chi connectivity index (χ4v) is 3.76. The van der Waals surface area contributed by atoms with E-state index in [1.54, 1.807) is 24.4 Å². The van der Waals surface area contributed by atoms with Crippen molar-refractivity contribution >= 4 is 34.1 Å². The van der Waals surface area contributed by atoms with Crippen molar-refractivity contribution in [2.75, 3.05) is 23.3 Å². The number of amides is 3. The first-order valence-corrected chi connectivity index (χ1v) is 8.66. The van der Waals surface area contributed by atoms with Gasteiger partial charge in [0.2, 0.25) is 0 Å². The molecule has 0 atom stereocenters. The lowest BCUT2D eigenvalue weighted by Gasteiger charge is -2.32. The van der Waals surface area contributed by atoms with Gasteiger partial charge in [0, 0.05) is 42.6 Å². The number of primary amides is 2. The van der Waals surface area contributed by atoms with Crippen LogP contribution in [-0.4, -0.2) is 35.9 Å². The molecule has 2 aromatic rings. The van der Waals surface area contributed by atoms with E-state index >= 15 is 0 Å². The molecule has 0 aliphatic carbocycles. The van der Waals surface area contributed by atoms with Gasteiger partial charge in [-0.15, -0.1) is 11.3 Å². The third kappa shape index (κ3) is 3.90. The maximum Gasteiger partial charge on any atom is 0.317 e. The minimum absolute atomic E-state index is 0.158. The predicted octanol–water partition coefficient (Wildman–Crippen LogP) is 2.64. The molecule has 0 unspecified atom stereocenters. The van der Waals surface area contributed by atoms with Crippen LogP contribution in [0.3, 0.4) is 0 Å². The smallest absolute Gasteiger partial charge is 0.317 e. The average molecular weight is 381 g/mol. The van der Waals surface area contributed by atoms with Crippen molar-refractivity contribution in [3.63, 3.8) is 0 Å². The molecule has 1 saturated heterocycles. The van der Waals surface area contributed by atoms with Crippen molar-refractivity contribution in [3.8, 4) is 10.4 Å². The van der Waals surface area contributed by atoms with Crippen LogP contribution in [0.5, 0.6) is 0 Å². The number of rotatable bonds is 4. The van der Waals surface area contributed by atoms with Crippen LogP contribution in [0.1, 0.15) is 23.2 Å². The summed E-state index contributed by atoms with van der Waals surface area (Å²) in [7, 11) is 0. The number of alkyl halides is 2. The van der Waals surface area contributed by atoms with Crippen molar-refractivity contribution in [2.45, 2.75) is 18.8 Å². The molecule has 0 saturated carbocycles. The predicted molar refractivity (Wildman–Crippen MR) is 95.7 cm³/mol. The van der Waals surface area contributed by atoms with E-state index in [9.17, 15) is 18.4 Å². The second-order valence-electron chi connectivity index (χ2n) is 5.96. The Hall–Kier alpha value is -2.75. The Kier molecular flexibility index (Phi) is 4.77. The average Bonchev–Trinajstić information content (AvgIpc) is 2.98. The molecule has 0 bridgehead atoms. The molecule has 1 aliphatic rings. The molecule has 1 aliphatic heterocycles. The van der Waals surface area contributed by atoms with E-state index in [1.807, 2.05) is 4.90 Å². The molecule has 7 nitrogen and oxygen atoms in total. The van der Waals surface area contributed by atoms with Crippen LogP contribution < -0.4 is 21.7 Å². The maximum atomic E-state index is 13.3. The minimum atomic E-state index is -2.61. The molecular weight excluding hydrogens is 364 g/mol. The summed E-state index contributed by atoms with van der Waals surface area (Å²) in [5, 5.41) is 2.64. The normalized spacial score (nSPS) is 16.3. The van der Waals surface area contributed by atoms with Gasteiger partial charge in [0.1, 0.15) is 10.8 Å².